The number of amides is 1. The van der Waals surface area contributed by atoms with Crippen molar-refractivity contribution in [3.8, 4) is 0 Å². The number of hydrogen-bond acceptors (Lipinski definition) is 4. The molecule has 0 bridgehead atoms. The van der Waals surface area contributed by atoms with Gasteiger partial charge in [-0.05, 0) is 0 Å². The van der Waals surface area contributed by atoms with Crippen LogP contribution in [-0.4, -0.2) is 30.1 Å². The molecular weight excluding hydrogens is 232 g/mol. The van der Waals surface area contributed by atoms with E-state index in [4.69, 9.17) is 5.73 Å². The summed E-state index contributed by atoms with van der Waals surface area (Å²) in [5.41, 5.74) is 4.73. The zero-order valence-electron chi connectivity index (χ0n) is 7.57. The molecule has 0 atom stereocenters. The lowest BCUT2D eigenvalue weighted by molar-refractivity contribution is 0.0117. The van der Waals surface area contributed by atoms with Crippen LogP contribution in [0.25, 0.3) is 0 Å². The molecule has 0 aliphatic rings. The SMILES string of the molecule is Cl.NCC(F)(F)CNC(=O)c1ccon1. The van der Waals surface area contributed by atoms with Crippen LogP contribution in [0.2, 0.25) is 0 Å². The summed E-state index contributed by atoms with van der Waals surface area (Å²) in [6.45, 7) is -1.62. The molecule has 0 aliphatic heterocycles. The zero-order chi connectivity index (χ0) is 10.6. The molecule has 0 fully saturated rings. The Morgan fingerprint density at radius 2 is 2.33 bits per heavy atom. The first kappa shape index (κ1) is 13.8. The highest BCUT2D eigenvalue weighted by Crippen LogP contribution is 2.08. The Kier molecular flexibility index (Phi) is 5.16. The summed E-state index contributed by atoms with van der Waals surface area (Å²) in [6, 6.07) is 1.27. The standard InChI is InChI=1S/C7H9F2N3O2.ClH/c8-7(9,3-10)4-11-6(13)5-1-2-14-12-5;/h1-2H,3-4,10H2,(H,11,13);1H. The molecule has 0 spiro atoms. The molecule has 1 amide bonds. The van der Waals surface area contributed by atoms with Gasteiger partial charge in [0.15, 0.2) is 5.69 Å². The molecule has 0 radical (unpaired) electrons. The normalized spacial score (nSPS) is 10.6. The molecule has 86 valence electrons. The van der Waals surface area contributed by atoms with Gasteiger partial charge in [0.05, 0.1) is 13.1 Å². The van der Waals surface area contributed by atoms with Gasteiger partial charge in [0.2, 0.25) is 0 Å². The number of alkyl halides is 2. The van der Waals surface area contributed by atoms with Crippen molar-refractivity contribution in [2.24, 2.45) is 5.73 Å². The fourth-order valence-electron chi connectivity index (χ4n) is 0.702. The summed E-state index contributed by atoms with van der Waals surface area (Å²) in [5, 5.41) is 5.26. The van der Waals surface area contributed by atoms with Crippen molar-refractivity contribution >= 4 is 18.3 Å². The number of rotatable bonds is 4. The van der Waals surface area contributed by atoms with Crippen molar-refractivity contribution in [2.45, 2.75) is 5.92 Å². The van der Waals surface area contributed by atoms with Gasteiger partial charge in [-0.3, -0.25) is 4.79 Å². The summed E-state index contributed by atoms with van der Waals surface area (Å²) in [5.74, 6) is -3.81. The fourth-order valence-corrected chi connectivity index (χ4v) is 0.702. The Morgan fingerprint density at radius 1 is 1.67 bits per heavy atom. The van der Waals surface area contributed by atoms with Crippen molar-refractivity contribution in [1.29, 1.82) is 0 Å². The number of carbonyl (C=O) groups is 1. The van der Waals surface area contributed by atoms with E-state index in [9.17, 15) is 13.6 Å². The van der Waals surface area contributed by atoms with E-state index in [1.165, 1.54) is 12.3 Å². The summed E-state index contributed by atoms with van der Waals surface area (Å²) in [7, 11) is 0. The Hall–Kier alpha value is -1.21. The Labute approximate surface area is 90.4 Å². The lowest BCUT2D eigenvalue weighted by Crippen LogP contribution is -2.41. The zero-order valence-corrected chi connectivity index (χ0v) is 8.39. The number of halogens is 3. The van der Waals surface area contributed by atoms with Crippen molar-refractivity contribution in [3.63, 3.8) is 0 Å². The second kappa shape index (κ2) is 5.62. The van der Waals surface area contributed by atoms with Crippen LogP contribution >= 0.6 is 12.4 Å². The van der Waals surface area contributed by atoms with Gasteiger partial charge in [-0.15, -0.1) is 12.4 Å². The van der Waals surface area contributed by atoms with Gasteiger partial charge in [-0.1, -0.05) is 5.16 Å². The molecular formula is C7H10ClF2N3O2. The summed E-state index contributed by atoms with van der Waals surface area (Å²) in [4.78, 5) is 11.1. The second-order valence-electron chi connectivity index (χ2n) is 2.63. The van der Waals surface area contributed by atoms with Crippen LogP contribution in [-0.2, 0) is 0 Å². The predicted octanol–water partition coefficient (Wildman–Crippen LogP) is 0.420. The molecule has 0 saturated carbocycles. The number of nitrogens with two attached hydrogens (primary N) is 1. The first-order valence-electron chi connectivity index (χ1n) is 3.81. The van der Waals surface area contributed by atoms with Gasteiger partial charge in [-0.2, -0.15) is 0 Å². The first-order valence-corrected chi connectivity index (χ1v) is 3.81. The van der Waals surface area contributed by atoms with Crippen LogP contribution < -0.4 is 11.1 Å². The maximum Gasteiger partial charge on any atom is 0.277 e. The van der Waals surface area contributed by atoms with E-state index < -0.39 is 24.9 Å². The minimum atomic E-state index is -3.10. The van der Waals surface area contributed by atoms with Gasteiger partial charge in [0.25, 0.3) is 11.8 Å². The lowest BCUT2D eigenvalue weighted by Gasteiger charge is -2.13. The van der Waals surface area contributed by atoms with Crippen molar-refractivity contribution in [2.75, 3.05) is 13.1 Å². The van der Waals surface area contributed by atoms with Crippen molar-refractivity contribution in [1.82, 2.24) is 10.5 Å². The highest BCUT2D eigenvalue weighted by molar-refractivity contribution is 5.91. The minimum Gasteiger partial charge on any atom is -0.364 e. The topological polar surface area (TPSA) is 81.1 Å². The van der Waals surface area contributed by atoms with Gasteiger partial charge >= 0.3 is 0 Å². The van der Waals surface area contributed by atoms with E-state index >= 15 is 0 Å². The predicted molar refractivity (Wildman–Crippen MR) is 50.1 cm³/mol. The van der Waals surface area contributed by atoms with E-state index in [-0.39, 0.29) is 18.1 Å². The highest BCUT2D eigenvalue weighted by Gasteiger charge is 2.27. The van der Waals surface area contributed by atoms with Crippen LogP contribution in [0.5, 0.6) is 0 Å². The summed E-state index contributed by atoms with van der Waals surface area (Å²) >= 11 is 0. The van der Waals surface area contributed by atoms with E-state index in [1.807, 2.05) is 5.32 Å². The van der Waals surface area contributed by atoms with E-state index in [0.717, 1.165) is 0 Å². The second-order valence-corrected chi connectivity index (χ2v) is 2.63. The smallest absolute Gasteiger partial charge is 0.277 e. The van der Waals surface area contributed by atoms with E-state index in [0.29, 0.717) is 0 Å². The molecule has 8 heteroatoms. The van der Waals surface area contributed by atoms with Crippen molar-refractivity contribution < 1.29 is 18.1 Å². The third-order valence-corrected chi connectivity index (χ3v) is 1.48. The van der Waals surface area contributed by atoms with Gasteiger partial charge < -0.3 is 15.6 Å². The number of nitrogens with zero attached hydrogens (tertiary/aromatic N) is 1. The molecule has 1 rings (SSSR count). The van der Waals surface area contributed by atoms with Crippen LogP contribution in [0, 0.1) is 0 Å². The lowest BCUT2D eigenvalue weighted by atomic mass is 10.3. The Bertz CT molecular complexity index is 305. The van der Waals surface area contributed by atoms with Gasteiger partial charge in [0.1, 0.15) is 6.26 Å². The number of nitrogens with one attached hydrogen (secondary N) is 1. The number of carbonyl (C=O) groups excluding carboxylic acids is 1. The average Bonchev–Trinajstić information content (AvgIpc) is 2.67. The monoisotopic (exact) mass is 241 g/mol. The molecule has 0 unspecified atom stereocenters. The highest BCUT2D eigenvalue weighted by atomic mass is 35.5. The molecule has 0 aliphatic carbocycles. The third-order valence-electron chi connectivity index (χ3n) is 1.48. The van der Waals surface area contributed by atoms with Gasteiger partial charge in [-0.25, -0.2) is 8.78 Å². The molecule has 1 aromatic heterocycles. The van der Waals surface area contributed by atoms with E-state index in [1.54, 1.807) is 0 Å². The van der Waals surface area contributed by atoms with Crippen molar-refractivity contribution in [3.05, 3.63) is 18.0 Å². The van der Waals surface area contributed by atoms with Crippen LogP contribution in [0.4, 0.5) is 8.78 Å². The maximum absolute atomic E-state index is 12.6. The molecule has 1 heterocycles. The first-order chi connectivity index (χ1) is 6.55. The molecule has 5 nitrogen and oxygen atoms in total. The quantitative estimate of drug-likeness (QED) is 0.801. The summed E-state index contributed by atoms with van der Waals surface area (Å²) < 4.78 is 29.5. The molecule has 3 N–H and O–H groups in total. The maximum atomic E-state index is 12.6. The Balaban J connectivity index is 0.00000196. The summed E-state index contributed by atoms with van der Waals surface area (Å²) in [6.07, 6.45) is 1.18. The average molecular weight is 242 g/mol. The largest absolute Gasteiger partial charge is 0.364 e. The van der Waals surface area contributed by atoms with Crippen LogP contribution in [0.15, 0.2) is 16.9 Å². The number of hydrogen-bond donors (Lipinski definition) is 2. The molecule has 15 heavy (non-hydrogen) atoms. The van der Waals surface area contributed by atoms with E-state index in [2.05, 4.69) is 9.68 Å². The van der Waals surface area contributed by atoms with Gasteiger partial charge in [0, 0.05) is 6.07 Å². The number of aromatic nitrogens is 1. The third kappa shape index (κ3) is 4.22. The van der Waals surface area contributed by atoms with Crippen LogP contribution in [0.3, 0.4) is 0 Å². The fraction of sp³-hybridized carbons (Fsp3) is 0.429. The van der Waals surface area contributed by atoms with Crippen LogP contribution in [0.1, 0.15) is 10.5 Å². The molecule has 0 aromatic carbocycles. The Morgan fingerprint density at radius 3 is 2.80 bits per heavy atom. The molecule has 0 saturated heterocycles. The minimum absolute atomic E-state index is 0. The molecule has 1 aromatic rings.